The second-order valence-electron chi connectivity index (χ2n) is 6.02. The molecule has 2 N–H and O–H groups in total. The summed E-state index contributed by atoms with van der Waals surface area (Å²) < 4.78 is 32.0. The molecule has 1 heterocycles. The molecule has 0 radical (unpaired) electrons. The van der Waals surface area contributed by atoms with Gasteiger partial charge in [-0.3, -0.25) is 9.59 Å². The number of nitrogens with zero attached hydrogens (tertiary/aromatic N) is 2. The van der Waals surface area contributed by atoms with Gasteiger partial charge >= 0.3 is 11.8 Å². The quantitative estimate of drug-likeness (QED) is 0.574. The van der Waals surface area contributed by atoms with Crippen LogP contribution in [0.1, 0.15) is 0 Å². The second-order valence-corrected chi connectivity index (χ2v) is 7.91. The van der Waals surface area contributed by atoms with Crippen molar-refractivity contribution < 1.29 is 22.7 Å². The largest absolute Gasteiger partial charge is 0.359 e. The lowest BCUT2D eigenvalue weighted by atomic mass is 10.4. The number of carbonyl (C=O) groups excluding carboxylic acids is 2. The number of sulfonamides is 1. The zero-order chi connectivity index (χ0) is 19.2. The Morgan fingerprint density at radius 2 is 1.85 bits per heavy atom. The molecule has 1 aliphatic heterocycles. The van der Waals surface area contributed by atoms with Gasteiger partial charge < -0.3 is 20.3 Å². The summed E-state index contributed by atoms with van der Waals surface area (Å²) in [5.74, 6) is -1.58. The Morgan fingerprint density at radius 3 is 2.50 bits per heavy atom. The van der Waals surface area contributed by atoms with E-state index in [0.29, 0.717) is 13.1 Å². The summed E-state index contributed by atoms with van der Waals surface area (Å²) in [6, 6.07) is 8.01. The minimum Gasteiger partial charge on any atom is -0.359 e. The van der Waals surface area contributed by atoms with Gasteiger partial charge in [0, 0.05) is 19.6 Å². The lowest BCUT2D eigenvalue weighted by Crippen LogP contribution is -2.48. The van der Waals surface area contributed by atoms with E-state index in [1.54, 1.807) is 18.2 Å². The number of likely N-dealkylation sites (N-methyl/N-ethyl adjacent to an activating group) is 1. The van der Waals surface area contributed by atoms with E-state index < -0.39 is 28.1 Å². The Hall–Kier alpha value is -2.01. The van der Waals surface area contributed by atoms with Crippen molar-refractivity contribution in [3.8, 4) is 0 Å². The average molecular weight is 384 g/mol. The molecule has 144 valence electrons. The number of benzene rings is 1. The van der Waals surface area contributed by atoms with Crippen molar-refractivity contribution >= 4 is 21.8 Å². The Balaban J connectivity index is 1.91. The van der Waals surface area contributed by atoms with Crippen LogP contribution in [0.5, 0.6) is 0 Å². The van der Waals surface area contributed by atoms with Crippen LogP contribution in [0.2, 0.25) is 0 Å². The second kappa shape index (κ2) is 9.08. The molecule has 0 saturated carbocycles. The predicted octanol–water partition coefficient (Wildman–Crippen LogP) is -1.17. The molecule has 0 bridgehead atoms. The summed E-state index contributed by atoms with van der Waals surface area (Å²) in [7, 11) is -0.0236. The Morgan fingerprint density at radius 1 is 1.19 bits per heavy atom. The molecule has 10 heteroatoms. The first-order chi connectivity index (χ1) is 12.3. The van der Waals surface area contributed by atoms with Crippen LogP contribution in [-0.2, 0) is 24.3 Å². The van der Waals surface area contributed by atoms with Crippen LogP contribution in [0.15, 0.2) is 35.2 Å². The Bertz CT molecular complexity index is 723. The molecule has 0 aromatic heterocycles. The minimum atomic E-state index is -3.73. The van der Waals surface area contributed by atoms with Crippen LogP contribution in [0.25, 0.3) is 0 Å². The van der Waals surface area contributed by atoms with Gasteiger partial charge in [-0.2, -0.15) is 4.31 Å². The molecule has 1 fully saturated rings. The SMILES string of the molecule is CN(C)CCNC(=O)C(=O)NCC1OCCN1S(=O)(=O)c1ccccc1. The highest BCUT2D eigenvalue weighted by atomic mass is 32.2. The van der Waals surface area contributed by atoms with E-state index in [2.05, 4.69) is 10.6 Å². The van der Waals surface area contributed by atoms with Crippen molar-refractivity contribution in [2.75, 3.05) is 46.9 Å². The number of hydrogen-bond acceptors (Lipinski definition) is 6. The number of amides is 2. The summed E-state index contributed by atoms with van der Waals surface area (Å²) in [5, 5.41) is 4.91. The van der Waals surface area contributed by atoms with Gasteiger partial charge in [0.25, 0.3) is 0 Å². The molecule has 1 aromatic rings. The van der Waals surface area contributed by atoms with Crippen molar-refractivity contribution in [3.63, 3.8) is 0 Å². The Kier molecular flexibility index (Phi) is 7.09. The van der Waals surface area contributed by atoms with Gasteiger partial charge in [-0.25, -0.2) is 8.42 Å². The maximum absolute atomic E-state index is 12.7. The van der Waals surface area contributed by atoms with Crippen LogP contribution in [-0.4, -0.2) is 82.5 Å². The van der Waals surface area contributed by atoms with Gasteiger partial charge in [-0.15, -0.1) is 0 Å². The summed E-state index contributed by atoms with van der Waals surface area (Å²) in [5.41, 5.74) is 0. The first-order valence-electron chi connectivity index (χ1n) is 8.21. The highest BCUT2D eigenvalue weighted by molar-refractivity contribution is 7.89. The fraction of sp³-hybridized carbons (Fsp3) is 0.500. The van der Waals surface area contributed by atoms with Crippen LogP contribution >= 0.6 is 0 Å². The van der Waals surface area contributed by atoms with Gasteiger partial charge in [0.05, 0.1) is 18.0 Å². The highest BCUT2D eigenvalue weighted by Crippen LogP contribution is 2.21. The monoisotopic (exact) mass is 384 g/mol. The molecule has 0 spiro atoms. The normalized spacial score (nSPS) is 18.0. The molecule has 1 atom stereocenters. The number of carbonyl (C=O) groups is 2. The molecule has 1 aromatic carbocycles. The van der Waals surface area contributed by atoms with Crippen molar-refractivity contribution in [2.45, 2.75) is 11.1 Å². The molecule has 2 amide bonds. The maximum atomic E-state index is 12.7. The van der Waals surface area contributed by atoms with Gasteiger partial charge in [0.15, 0.2) is 0 Å². The van der Waals surface area contributed by atoms with Gasteiger partial charge in [0.1, 0.15) is 6.23 Å². The number of ether oxygens (including phenoxy) is 1. The topological polar surface area (TPSA) is 108 Å². The number of hydrogen-bond donors (Lipinski definition) is 2. The lowest BCUT2D eigenvalue weighted by Gasteiger charge is -2.22. The minimum absolute atomic E-state index is 0.105. The third kappa shape index (κ3) is 5.24. The summed E-state index contributed by atoms with van der Waals surface area (Å²) in [6.07, 6.45) is -0.848. The molecule has 1 saturated heterocycles. The summed E-state index contributed by atoms with van der Waals surface area (Å²) >= 11 is 0. The molecule has 9 nitrogen and oxygen atoms in total. The third-order valence-electron chi connectivity index (χ3n) is 3.78. The van der Waals surface area contributed by atoms with Crippen molar-refractivity contribution in [1.29, 1.82) is 0 Å². The molecule has 26 heavy (non-hydrogen) atoms. The molecule has 1 unspecified atom stereocenters. The molecule has 0 aliphatic carbocycles. The molecular weight excluding hydrogens is 360 g/mol. The highest BCUT2D eigenvalue weighted by Gasteiger charge is 2.36. The van der Waals surface area contributed by atoms with E-state index in [0.717, 1.165) is 0 Å². The maximum Gasteiger partial charge on any atom is 0.309 e. The van der Waals surface area contributed by atoms with Crippen molar-refractivity contribution in [1.82, 2.24) is 19.8 Å². The van der Waals surface area contributed by atoms with Crippen LogP contribution in [0.3, 0.4) is 0 Å². The fourth-order valence-electron chi connectivity index (χ4n) is 2.40. The van der Waals surface area contributed by atoms with Gasteiger partial charge in [-0.05, 0) is 26.2 Å². The first-order valence-corrected chi connectivity index (χ1v) is 9.65. The van der Waals surface area contributed by atoms with Gasteiger partial charge in [0.2, 0.25) is 10.0 Å². The summed E-state index contributed by atoms with van der Waals surface area (Å²) in [4.78, 5) is 25.6. The number of nitrogens with one attached hydrogen (secondary N) is 2. The van der Waals surface area contributed by atoms with Gasteiger partial charge in [-0.1, -0.05) is 18.2 Å². The smallest absolute Gasteiger partial charge is 0.309 e. The van der Waals surface area contributed by atoms with E-state index >= 15 is 0 Å². The van der Waals surface area contributed by atoms with Crippen LogP contribution < -0.4 is 10.6 Å². The standard InChI is InChI=1S/C16H24N4O5S/c1-19(2)9-8-17-15(21)16(22)18-12-14-20(10-11-25-14)26(23,24)13-6-4-3-5-7-13/h3-7,14H,8-12H2,1-2H3,(H,17,21)(H,18,22). The summed E-state index contributed by atoms with van der Waals surface area (Å²) in [6.45, 7) is 1.25. The van der Waals surface area contributed by atoms with E-state index in [-0.39, 0.29) is 24.6 Å². The predicted molar refractivity (Wildman–Crippen MR) is 94.6 cm³/mol. The fourth-order valence-corrected chi connectivity index (χ4v) is 3.93. The van der Waals surface area contributed by atoms with E-state index in [1.807, 2.05) is 19.0 Å². The Labute approximate surface area is 153 Å². The van der Waals surface area contributed by atoms with Crippen molar-refractivity contribution in [2.24, 2.45) is 0 Å². The lowest BCUT2D eigenvalue weighted by molar-refractivity contribution is -0.139. The van der Waals surface area contributed by atoms with Crippen molar-refractivity contribution in [3.05, 3.63) is 30.3 Å². The van der Waals surface area contributed by atoms with E-state index in [9.17, 15) is 18.0 Å². The van der Waals surface area contributed by atoms with E-state index in [4.69, 9.17) is 4.74 Å². The zero-order valence-electron chi connectivity index (χ0n) is 14.8. The molecule has 2 rings (SSSR count). The first kappa shape index (κ1) is 20.3. The molecular formula is C16H24N4O5S. The third-order valence-corrected chi connectivity index (χ3v) is 5.68. The average Bonchev–Trinajstić information content (AvgIpc) is 3.09. The zero-order valence-corrected chi connectivity index (χ0v) is 15.7. The number of rotatable bonds is 7. The van der Waals surface area contributed by atoms with Crippen LogP contribution in [0.4, 0.5) is 0 Å². The molecule has 1 aliphatic rings. The van der Waals surface area contributed by atoms with E-state index in [1.165, 1.54) is 16.4 Å². The van der Waals surface area contributed by atoms with Crippen LogP contribution in [0, 0.1) is 0 Å².